The second-order valence-corrected chi connectivity index (χ2v) is 21.3. The molecule has 2 aliphatic heterocycles. The van der Waals surface area contributed by atoms with Crippen LogP contribution in [-0.2, 0) is 66.9 Å². The van der Waals surface area contributed by atoms with Gasteiger partial charge in [0.05, 0.1) is 130 Å². The molecule has 24 heteroatoms. The Morgan fingerprint density at radius 3 is 1.74 bits per heavy atom. The number of halogens is 5. The monoisotopic (exact) mass is 1160 g/mol. The summed E-state index contributed by atoms with van der Waals surface area (Å²) in [5.74, 6) is -6.45. The molecule has 2 unspecified atom stereocenters. The van der Waals surface area contributed by atoms with Crippen molar-refractivity contribution in [2.75, 3.05) is 112 Å². The highest BCUT2D eigenvalue weighted by Gasteiger charge is 2.43. The summed E-state index contributed by atoms with van der Waals surface area (Å²) >= 11 is 0. The van der Waals surface area contributed by atoms with E-state index in [4.69, 9.17) is 48.1 Å². The van der Waals surface area contributed by atoms with E-state index in [1.165, 1.54) is 0 Å². The summed E-state index contributed by atoms with van der Waals surface area (Å²) < 4.78 is 121. The fourth-order valence-electron chi connectivity index (χ4n) is 10.7. The first kappa shape index (κ1) is 64.5. The smallest absolute Gasteiger partial charge is 0.313 e. The number of rotatable bonds is 40. The minimum absolute atomic E-state index is 0.0458. The van der Waals surface area contributed by atoms with Crippen LogP contribution in [0.1, 0.15) is 125 Å². The number of amides is 1. The minimum Gasteiger partial charge on any atom is -0.420 e. The molecule has 2 aromatic heterocycles. The average Bonchev–Trinajstić information content (AvgIpc) is 4.04. The summed E-state index contributed by atoms with van der Waals surface area (Å²) in [5, 5.41) is 21.5. The molecule has 1 N–H and O–H groups in total. The van der Waals surface area contributed by atoms with Gasteiger partial charge in [-0.15, -0.1) is 15.3 Å². The van der Waals surface area contributed by atoms with Crippen molar-refractivity contribution >= 4 is 11.9 Å². The van der Waals surface area contributed by atoms with Gasteiger partial charge in [0, 0.05) is 74.1 Å². The van der Waals surface area contributed by atoms with Crippen LogP contribution >= 0.6 is 0 Å². The Bertz CT molecular complexity index is 2450. The minimum atomic E-state index is -2.67. The van der Waals surface area contributed by atoms with Crippen LogP contribution in [0.2, 0.25) is 0 Å². The summed E-state index contributed by atoms with van der Waals surface area (Å²) in [5.41, 5.74) is 1.97. The number of carbonyl (C=O) groups is 2. The van der Waals surface area contributed by atoms with Crippen LogP contribution in [0.5, 0.6) is 5.75 Å². The van der Waals surface area contributed by atoms with Crippen molar-refractivity contribution in [2.24, 2.45) is 5.92 Å². The van der Waals surface area contributed by atoms with E-state index in [-0.39, 0.29) is 75.7 Å². The number of esters is 1. The molecule has 1 amide bonds. The maximum absolute atomic E-state index is 13.9. The summed E-state index contributed by atoms with van der Waals surface area (Å²) in [4.78, 5) is 27.8. The maximum atomic E-state index is 13.9. The summed E-state index contributed by atoms with van der Waals surface area (Å²) in [6.07, 6.45) is 9.22. The van der Waals surface area contributed by atoms with E-state index < -0.39 is 35.1 Å². The second kappa shape index (κ2) is 34.7. The highest BCUT2D eigenvalue weighted by atomic mass is 19.3. The molecule has 0 radical (unpaired) electrons. The van der Waals surface area contributed by atoms with Gasteiger partial charge in [0.1, 0.15) is 17.5 Å². The molecule has 2 saturated heterocycles. The van der Waals surface area contributed by atoms with E-state index in [2.05, 4.69) is 43.7 Å². The Hall–Kier alpha value is -5.05. The predicted octanol–water partition coefficient (Wildman–Crippen LogP) is 7.96. The Labute approximate surface area is 477 Å². The molecule has 3 fully saturated rings. The van der Waals surface area contributed by atoms with Crippen molar-refractivity contribution < 1.29 is 74.2 Å². The Balaban J connectivity index is 0.657. The summed E-state index contributed by atoms with van der Waals surface area (Å²) in [6.45, 7) is 11.6. The van der Waals surface area contributed by atoms with Gasteiger partial charge in [0.25, 0.3) is 0 Å². The van der Waals surface area contributed by atoms with Crippen molar-refractivity contribution in [3.8, 4) is 5.75 Å². The van der Waals surface area contributed by atoms with Crippen LogP contribution in [0, 0.1) is 23.4 Å². The van der Waals surface area contributed by atoms with Crippen LogP contribution < -0.4 is 10.1 Å². The molecular weight excluding hydrogens is 1080 g/mol. The molecule has 2 bridgehead atoms. The molecule has 3 aliphatic rings. The number of fused-ring (bicyclic) bond motifs is 2. The molecule has 4 aromatic rings. The van der Waals surface area contributed by atoms with Gasteiger partial charge < -0.3 is 52.5 Å². The normalized spacial score (nSPS) is 18.6. The third kappa shape index (κ3) is 21.5. The maximum Gasteiger partial charge on any atom is 0.313 e. The Morgan fingerprint density at radius 1 is 0.659 bits per heavy atom. The molecule has 82 heavy (non-hydrogen) atoms. The molecule has 3 atom stereocenters. The number of piperidine rings is 1. The van der Waals surface area contributed by atoms with E-state index in [0.29, 0.717) is 123 Å². The van der Waals surface area contributed by atoms with Crippen molar-refractivity contribution in [2.45, 2.75) is 140 Å². The number of nitrogens with one attached hydrogen (secondary N) is 1. The highest BCUT2D eigenvalue weighted by Crippen LogP contribution is 2.43. The first-order valence-corrected chi connectivity index (χ1v) is 29.1. The first-order chi connectivity index (χ1) is 39.8. The zero-order valence-corrected chi connectivity index (χ0v) is 47.5. The number of alkyl halides is 2. The highest BCUT2D eigenvalue weighted by molar-refractivity contribution is 5.79. The van der Waals surface area contributed by atoms with Crippen molar-refractivity contribution in [3.63, 3.8) is 0 Å². The zero-order valence-electron chi connectivity index (χ0n) is 47.5. The third-order valence-electron chi connectivity index (χ3n) is 14.9. The lowest BCUT2D eigenvalue weighted by Gasteiger charge is -2.41. The van der Waals surface area contributed by atoms with E-state index in [1.807, 2.05) is 41.2 Å². The zero-order chi connectivity index (χ0) is 57.9. The number of nitrogens with zero attached hydrogens (tertiary/aromatic N) is 7. The number of aromatic nitrogens is 6. The van der Waals surface area contributed by atoms with E-state index >= 15 is 0 Å². The Morgan fingerprint density at radius 2 is 1.20 bits per heavy atom. The molecule has 19 nitrogen and oxygen atoms in total. The quantitative estimate of drug-likeness (QED) is 0.0195. The molecule has 2 aromatic carbocycles. The molecule has 7 rings (SSSR count). The van der Waals surface area contributed by atoms with Gasteiger partial charge in [0.15, 0.2) is 11.6 Å². The number of hydrogen-bond acceptors (Lipinski definition) is 16. The van der Waals surface area contributed by atoms with Crippen LogP contribution in [0.3, 0.4) is 0 Å². The lowest BCUT2D eigenvalue weighted by molar-refractivity contribution is -0.136. The number of ether oxygens (including phenoxy) is 9. The molecule has 4 heterocycles. The van der Waals surface area contributed by atoms with Crippen LogP contribution in [0.4, 0.5) is 22.0 Å². The van der Waals surface area contributed by atoms with Gasteiger partial charge in [-0.2, -0.15) is 0 Å². The third-order valence-corrected chi connectivity index (χ3v) is 14.9. The van der Waals surface area contributed by atoms with Crippen molar-refractivity contribution in [1.82, 2.24) is 40.0 Å². The molecular formula is C58H83F5N8O11. The largest absolute Gasteiger partial charge is 0.420 e. The molecule has 1 aliphatic carbocycles. The van der Waals surface area contributed by atoms with Gasteiger partial charge >= 0.3 is 5.97 Å². The Kier molecular flexibility index (Phi) is 27.3. The fraction of sp³-hybridized carbons (Fsp3) is 0.690. The average molecular weight is 1160 g/mol. The number of aryl methyl sites for hydroxylation is 2. The molecule has 1 saturated carbocycles. The van der Waals surface area contributed by atoms with Crippen LogP contribution in [0.15, 0.2) is 48.7 Å². The number of benzene rings is 2. The number of hydrogen-bond donors (Lipinski definition) is 1. The van der Waals surface area contributed by atoms with Gasteiger partial charge in [0.2, 0.25) is 17.6 Å². The lowest BCUT2D eigenvalue weighted by atomic mass is 9.86. The lowest BCUT2D eigenvalue weighted by Crippen LogP contribution is -2.45. The number of carbonyl (C=O) groups excluding carboxylic acids is 2. The van der Waals surface area contributed by atoms with Gasteiger partial charge in [-0.3, -0.25) is 14.5 Å². The van der Waals surface area contributed by atoms with E-state index in [9.17, 15) is 31.5 Å². The molecule has 0 spiro atoms. The predicted molar refractivity (Wildman–Crippen MR) is 290 cm³/mol. The first-order valence-electron chi connectivity index (χ1n) is 29.1. The summed E-state index contributed by atoms with van der Waals surface area (Å²) in [7, 11) is 0. The van der Waals surface area contributed by atoms with E-state index in [0.717, 1.165) is 80.8 Å². The van der Waals surface area contributed by atoms with Crippen molar-refractivity contribution in [1.29, 1.82) is 0 Å². The SMILES string of the molecule is CC(C)c1nnc(CCCc2cn(CCOCCOCCOCCOCCOCCOCCOCCOCCC(=O)Oc3c(F)cc(F)cc3F)nn2)n1C1CC2CCC(C1)N2CC[C@H](NC(=O)C1CCC(F)(F)CC1)c1ccccc1. The van der Waals surface area contributed by atoms with Crippen LogP contribution in [-0.4, -0.2) is 177 Å². The van der Waals surface area contributed by atoms with Crippen LogP contribution in [0.25, 0.3) is 0 Å². The van der Waals surface area contributed by atoms with Crippen molar-refractivity contribution in [3.05, 3.63) is 89.0 Å². The van der Waals surface area contributed by atoms with Gasteiger partial charge in [-0.05, 0) is 63.4 Å². The van der Waals surface area contributed by atoms with E-state index in [1.54, 1.807) is 0 Å². The fourth-order valence-corrected chi connectivity index (χ4v) is 10.7. The van der Waals surface area contributed by atoms with Gasteiger partial charge in [-0.1, -0.05) is 49.4 Å². The topological polar surface area (TPSA) is 194 Å². The molecule has 456 valence electrons. The standard InChI is InChI=1S/C58H83F5N8O11/c1-42(2)56-67-66-53(71(56)49-39-47-11-12-48(40-49)70(47)19-15-52(43-7-4-3-5-8-43)64-57(73)44-13-17-58(62,63)18-14-44)10-6-9-46-41-69(68-65-46)20-22-75-24-26-77-28-30-79-32-34-81-36-35-80-33-31-78-29-27-76-25-23-74-21-16-54(72)82-55-50(60)37-45(59)38-51(55)61/h3-5,7-8,37-38,41-42,44,47-49,52H,6,9-36,39-40H2,1-2H3,(H,64,73)/t47?,48?,49?,52-/m0/s1. The summed E-state index contributed by atoms with van der Waals surface area (Å²) in [6, 6.07) is 11.9. The van der Waals surface area contributed by atoms with Gasteiger partial charge in [-0.25, -0.2) is 26.6 Å². The second-order valence-electron chi connectivity index (χ2n) is 21.3.